The molecule has 0 atom stereocenters. The number of likely N-dealkylation sites (tertiary alicyclic amines) is 1. The summed E-state index contributed by atoms with van der Waals surface area (Å²) >= 11 is 2.46. The van der Waals surface area contributed by atoms with Gasteiger partial charge in [0.2, 0.25) is 0 Å². The number of anilines is 1. The second kappa shape index (κ2) is 10.1. The molecule has 2 saturated carbocycles. The first kappa shape index (κ1) is 29.0. The molecule has 0 N–H and O–H groups in total. The lowest BCUT2D eigenvalue weighted by Crippen LogP contribution is -2.67. The van der Waals surface area contributed by atoms with E-state index in [1.165, 1.54) is 15.7 Å². The second-order valence-electron chi connectivity index (χ2n) is 14.6. The van der Waals surface area contributed by atoms with Gasteiger partial charge in [-0.25, -0.2) is 9.59 Å². The third-order valence-electron chi connectivity index (χ3n) is 8.97. The lowest BCUT2D eigenvalue weighted by Gasteiger charge is -2.58. The van der Waals surface area contributed by atoms with E-state index in [2.05, 4.69) is 58.7 Å². The van der Waals surface area contributed by atoms with Gasteiger partial charge in [-0.2, -0.15) is 5.10 Å². The molecule has 0 aromatic carbocycles. The summed E-state index contributed by atoms with van der Waals surface area (Å²) in [6.07, 6.45) is 5.09. The minimum atomic E-state index is -1.23. The van der Waals surface area contributed by atoms with Gasteiger partial charge >= 0.3 is 12.2 Å². The van der Waals surface area contributed by atoms with Crippen molar-refractivity contribution in [3.05, 3.63) is 9.26 Å². The van der Waals surface area contributed by atoms with E-state index < -0.39 is 13.7 Å². The summed E-state index contributed by atoms with van der Waals surface area (Å²) in [5.41, 5.74) is 0.932. The third-order valence-corrected chi connectivity index (χ3v) is 11.9. The van der Waals surface area contributed by atoms with Gasteiger partial charge in [-0.3, -0.25) is 4.68 Å². The first-order valence-corrected chi connectivity index (χ1v) is 19.3. The van der Waals surface area contributed by atoms with Crippen molar-refractivity contribution >= 4 is 48.7 Å². The quantitative estimate of drug-likeness (QED) is 0.287. The van der Waals surface area contributed by atoms with Crippen LogP contribution in [0, 0.1) is 15.9 Å². The van der Waals surface area contributed by atoms with Gasteiger partial charge in [-0.15, -0.1) is 0 Å². The molecule has 2 amide bonds. The Morgan fingerprint density at radius 3 is 2.28 bits per heavy atom. The first-order valence-electron chi connectivity index (χ1n) is 14.5. The van der Waals surface area contributed by atoms with Crippen LogP contribution in [0.3, 0.4) is 0 Å². The topological polar surface area (TPSA) is 80.1 Å². The molecule has 1 aromatic rings. The normalized spacial score (nSPS) is 22.4. The molecule has 2 aliphatic heterocycles. The Kier molecular flexibility index (Phi) is 7.51. The number of hydrogen-bond acceptors (Lipinski definition) is 6. The maximum Gasteiger partial charge on any atom is 0.410 e. The fourth-order valence-electron chi connectivity index (χ4n) is 6.61. The van der Waals surface area contributed by atoms with Crippen LogP contribution in [0.5, 0.6) is 0 Å². The van der Waals surface area contributed by atoms with Gasteiger partial charge < -0.3 is 24.2 Å². The van der Waals surface area contributed by atoms with Crippen LogP contribution in [0.25, 0.3) is 0 Å². The zero-order chi connectivity index (χ0) is 28.4. The first-order chi connectivity index (χ1) is 18.1. The molecule has 0 radical (unpaired) electrons. The van der Waals surface area contributed by atoms with E-state index in [9.17, 15) is 9.59 Å². The Morgan fingerprint density at radius 2 is 1.72 bits per heavy atom. The van der Waals surface area contributed by atoms with E-state index in [4.69, 9.17) is 14.6 Å². The van der Waals surface area contributed by atoms with Crippen LogP contribution in [0.15, 0.2) is 0 Å². The van der Waals surface area contributed by atoms with Crippen LogP contribution in [-0.4, -0.2) is 90.3 Å². The van der Waals surface area contributed by atoms with E-state index >= 15 is 0 Å². The number of hydrogen-bond donors (Lipinski definition) is 0. The summed E-state index contributed by atoms with van der Waals surface area (Å²) in [5, 5.41) is 5.21. The number of carbonyl (C=O) groups is 2. The minimum absolute atomic E-state index is 0.0374. The molecule has 0 bridgehead atoms. The van der Waals surface area contributed by atoms with E-state index in [-0.39, 0.29) is 23.1 Å². The predicted octanol–water partition coefficient (Wildman–Crippen LogP) is 5.89. The van der Waals surface area contributed by atoms with Crippen molar-refractivity contribution in [2.45, 2.75) is 103 Å². The van der Waals surface area contributed by atoms with E-state index in [0.717, 1.165) is 57.2 Å². The van der Waals surface area contributed by atoms with Gasteiger partial charge in [0.05, 0.1) is 27.5 Å². The van der Waals surface area contributed by atoms with Crippen LogP contribution in [0.2, 0.25) is 25.7 Å². The van der Waals surface area contributed by atoms with Crippen LogP contribution < -0.4 is 4.90 Å². The highest BCUT2D eigenvalue weighted by molar-refractivity contribution is 14.1. The molecule has 5 rings (SSSR count). The smallest absolute Gasteiger partial charge is 0.410 e. The molecular formula is C28H46IN5O4Si. The van der Waals surface area contributed by atoms with Crippen molar-refractivity contribution in [3.63, 3.8) is 0 Å². The highest BCUT2D eigenvalue weighted by Crippen LogP contribution is 2.55. The lowest BCUT2D eigenvalue weighted by atomic mass is 9.61. The molecule has 11 heteroatoms. The maximum atomic E-state index is 12.9. The highest BCUT2D eigenvalue weighted by Gasteiger charge is 2.56. The SMILES string of the molecule is Cc1c(I)c(N2CCN(C(=O)OCC[Si](C)(C)C)CC23CCC3)nn1C1CC2(C1)CN(C(=O)OC(C)(C)C)C2. The molecule has 2 saturated heterocycles. The molecule has 0 unspecified atom stereocenters. The molecule has 2 aliphatic carbocycles. The summed E-state index contributed by atoms with van der Waals surface area (Å²) in [6, 6.07) is 1.37. The monoisotopic (exact) mass is 671 g/mol. The molecule has 218 valence electrons. The highest BCUT2D eigenvalue weighted by atomic mass is 127. The Balaban J connectivity index is 1.20. The Hall–Kier alpha value is -1.50. The van der Waals surface area contributed by atoms with Crippen LogP contribution in [0.4, 0.5) is 15.4 Å². The van der Waals surface area contributed by atoms with Crippen molar-refractivity contribution in [2.75, 3.05) is 44.2 Å². The molecule has 4 aliphatic rings. The van der Waals surface area contributed by atoms with Crippen LogP contribution in [0.1, 0.15) is 64.6 Å². The summed E-state index contributed by atoms with van der Waals surface area (Å²) in [5.74, 6) is 1.07. The Bertz CT molecular complexity index is 1110. The Morgan fingerprint density at radius 1 is 1.05 bits per heavy atom. The largest absolute Gasteiger partial charge is 0.450 e. The van der Waals surface area contributed by atoms with Crippen molar-refractivity contribution in [1.82, 2.24) is 19.6 Å². The number of piperazine rings is 1. The fraction of sp³-hybridized carbons (Fsp3) is 0.821. The summed E-state index contributed by atoms with van der Waals surface area (Å²) in [7, 11) is -1.23. The van der Waals surface area contributed by atoms with Gasteiger partial charge in [-0.05, 0) is 88.4 Å². The number of ether oxygens (including phenoxy) is 2. The van der Waals surface area contributed by atoms with Crippen LogP contribution in [-0.2, 0) is 9.47 Å². The van der Waals surface area contributed by atoms with Crippen molar-refractivity contribution in [1.29, 1.82) is 0 Å². The average molecular weight is 672 g/mol. The number of rotatable bonds is 5. The predicted molar refractivity (Wildman–Crippen MR) is 163 cm³/mol. The van der Waals surface area contributed by atoms with Crippen LogP contribution >= 0.6 is 22.6 Å². The number of nitrogens with zero attached hydrogens (tertiary/aromatic N) is 5. The van der Waals surface area contributed by atoms with Crippen molar-refractivity contribution in [2.24, 2.45) is 5.41 Å². The fourth-order valence-corrected chi connectivity index (χ4v) is 7.97. The van der Waals surface area contributed by atoms with E-state index in [0.29, 0.717) is 25.7 Å². The standard InChI is InChI=1S/C28H46IN5O4Si/c1-20-22(29)23(30-34(20)21-15-27(16-21)17-32(18-27)25(36)38-26(2,3)4)33-12-11-31(19-28(33)9-8-10-28)24(35)37-13-14-39(5,6)7/h21H,8-19H2,1-7H3. The van der Waals surface area contributed by atoms with Gasteiger partial charge in [0, 0.05) is 46.2 Å². The summed E-state index contributed by atoms with van der Waals surface area (Å²) < 4.78 is 14.7. The van der Waals surface area contributed by atoms with Gasteiger partial charge in [0.1, 0.15) is 5.60 Å². The Labute approximate surface area is 248 Å². The molecule has 39 heavy (non-hydrogen) atoms. The summed E-state index contributed by atoms with van der Waals surface area (Å²) in [6.45, 7) is 19.1. The molecule has 3 heterocycles. The number of amides is 2. The zero-order valence-corrected chi connectivity index (χ0v) is 28.0. The number of carbonyl (C=O) groups excluding carboxylic acids is 2. The zero-order valence-electron chi connectivity index (χ0n) is 24.8. The van der Waals surface area contributed by atoms with E-state index in [1.807, 2.05) is 30.6 Å². The number of aromatic nitrogens is 2. The van der Waals surface area contributed by atoms with E-state index in [1.54, 1.807) is 0 Å². The molecule has 4 fully saturated rings. The van der Waals surface area contributed by atoms with Gasteiger partial charge in [0.15, 0.2) is 5.82 Å². The number of halogens is 1. The molecule has 1 aromatic heterocycles. The molecule has 9 nitrogen and oxygen atoms in total. The minimum Gasteiger partial charge on any atom is -0.450 e. The average Bonchev–Trinajstić information content (AvgIpc) is 3.02. The van der Waals surface area contributed by atoms with Crippen molar-refractivity contribution < 1.29 is 19.1 Å². The molecule has 2 spiro atoms. The lowest BCUT2D eigenvalue weighted by molar-refractivity contribution is -0.0931. The van der Waals surface area contributed by atoms with Gasteiger partial charge in [-0.1, -0.05) is 19.6 Å². The second-order valence-corrected chi connectivity index (χ2v) is 21.3. The molecular weight excluding hydrogens is 625 g/mol. The summed E-state index contributed by atoms with van der Waals surface area (Å²) in [4.78, 5) is 31.6. The maximum absolute atomic E-state index is 12.9. The van der Waals surface area contributed by atoms with Crippen molar-refractivity contribution in [3.8, 4) is 0 Å². The van der Waals surface area contributed by atoms with Gasteiger partial charge in [0.25, 0.3) is 0 Å². The third kappa shape index (κ3) is 5.81.